The molecule has 4 aromatic rings. The second kappa shape index (κ2) is 11.5. The van der Waals surface area contributed by atoms with E-state index >= 15 is 0 Å². The molecule has 0 atom stereocenters. The number of rotatable bonds is 9. The van der Waals surface area contributed by atoms with Crippen LogP contribution in [0.4, 0.5) is 5.69 Å². The summed E-state index contributed by atoms with van der Waals surface area (Å²) in [6.45, 7) is 7.20. The molecule has 38 heavy (non-hydrogen) atoms. The zero-order valence-electron chi connectivity index (χ0n) is 21.8. The highest BCUT2D eigenvalue weighted by Gasteiger charge is 2.30. The van der Waals surface area contributed by atoms with Crippen LogP contribution in [0.1, 0.15) is 30.5 Å². The number of aryl methyl sites for hydroxylation is 2. The Bertz CT molecular complexity index is 1360. The first-order valence-corrected chi connectivity index (χ1v) is 13.4. The van der Waals surface area contributed by atoms with Crippen LogP contribution in [0.15, 0.2) is 112 Å². The lowest BCUT2D eigenvalue weighted by atomic mass is 9.98. The molecule has 4 rings (SSSR count). The second-order valence-electron chi connectivity index (χ2n) is 9.40. The average Bonchev–Trinajstić information content (AvgIpc) is 2.89. The fraction of sp³-hybridized carbons (Fsp3) is 0.194. The van der Waals surface area contributed by atoms with Gasteiger partial charge in [-0.25, -0.2) is 4.79 Å². The second-order valence-corrected chi connectivity index (χ2v) is 11.4. The van der Waals surface area contributed by atoms with Crippen molar-refractivity contribution in [3.8, 4) is 5.75 Å². The van der Waals surface area contributed by atoms with Gasteiger partial charge in [-0.2, -0.15) is 0 Å². The van der Waals surface area contributed by atoms with Crippen molar-refractivity contribution in [1.82, 2.24) is 0 Å². The van der Waals surface area contributed by atoms with E-state index in [-0.39, 0.29) is 23.2 Å². The normalized spacial score (nSPS) is 11.3. The Morgan fingerprint density at radius 2 is 1.32 bits per heavy atom. The van der Waals surface area contributed by atoms with Crippen molar-refractivity contribution in [2.45, 2.75) is 48.0 Å². The number of nitrogens with zero attached hydrogens (tertiary/aromatic N) is 1. The molecular weight excluding hydrogens is 498 g/mol. The molecule has 6 nitrogen and oxygen atoms in total. The van der Waals surface area contributed by atoms with Crippen LogP contribution in [0.3, 0.4) is 0 Å². The minimum absolute atomic E-state index is 0.0176. The summed E-state index contributed by atoms with van der Waals surface area (Å²) >= 11 is 0. The van der Waals surface area contributed by atoms with Gasteiger partial charge in [0.25, 0.3) is 5.69 Å². The van der Waals surface area contributed by atoms with Gasteiger partial charge in [-0.15, -0.1) is 0 Å². The number of non-ortho nitro benzene ring substituents is 1. The molecule has 0 aliphatic heterocycles. The highest BCUT2D eigenvalue weighted by atomic mass is 32.2. The van der Waals surface area contributed by atoms with Crippen molar-refractivity contribution < 1.29 is 19.2 Å². The van der Waals surface area contributed by atoms with Gasteiger partial charge in [-0.05, 0) is 80.8 Å². The summed E-state index contributed by atoms with van der Waals surface area (Å²) in [4.78, 5) is 26.8. The van der Waals surface area contributed by atoms with Crippen LogP contribution >= 0.6 is 0 Å². The molecule has 0 aliphatic carbocycles. The first kappa shape index (κ1) is 26.9. The average molecular weight is 529 g/mol. The molecule has 0 bridgehead atoms. The van der Waals surface area contributed by atoms with Crippen molar-refractivity contribution in [3.05, 3.63) is 124 Å². The van der Waals surface area contributed by atoms with Crippen molar-refractivity contribution in [3.63, 3.8) is 0 Å². The fourth-order valence-electron chi connectivity index (χ4n) is 4.27. The Hall–Kier alpha value is -4.10. The Morgan fingerprint density at radius 3 is 1.79 bits per heavy atom. The molecule has 0 spiro atoms. The van der Waals surface area contributed by atoms with E-state index < -0.39 is 16.5 Å². The van der Waals surface area contributed by atoms with Gasteiger partial charge in [0.05, 0.1) is 15.8 Å². The molecule has 0 aliphatic rings. The monoisotopic (exact) mass is 528 g/mol. The lowest BCUT2D eigenvalue weighted by Gasteiger charge is -2.25. The minimum atomic E-state index is -0.969. The van der Waals surface area contributed by atoms with E-state index in [1.165, 1.54) is 26.8 Å². The maximum absolute atomic E-state index is 12.7. The smallest absolute Gasteiger partial charge is 0.345 e. The van der Waals surface area contributed by atoms with Crippen LogP contribution in [-0.2, 0) is 26.0 Å². The van der Waals surface area contributed by atoms with Crippen LogP contribution in [0, 0.1) is 24.0 Å². The largest absolute Gasteiger partial charge is 0.481 e. The van der Waals surface area contributed by atoms with Gasteiger partial charge in [0, 0.05) is 24.3 Å². The lowest BCUT2D eigenvalue weighted by molar-refractivity contribution is -0.384. The van der Waals surface area contributed by atoms with Gasteiger partial charge in [0.15, 0.2) is 21.3 Å². The van der Waals surface area contributed by atoms with Crippen molar-refractivity contribution in [1.29, 1.82) is 0 Å². The highest BCUT2D eigenvalue weighted by Crippen LogP contribution is 2.35. The quantitative estimate of drug-likeness (QED) is 0.0996. The van der Waals surface area contributed by atoms with Gasteiger partial charge in [-0.1, -0.05) is 36.4 Å². The fourth-order valence-corrected chi connectivity index (χ4v) is 6.53. The van der Waals surface area contributed by atoms with Gasteiger partial charge in [-0.3, -0.25) is 10.1 Å². The molecule has 0 saturated carbocycles. The third kappa shape index (κ3) is 6.23. The number of hydrogen-bond donors (Lipinski definition) is 0. The Morgan fingerprint density at radius 1 is 0.816 bits per heavy atom. The molecule has 194 valence electrons. The van der Waals surface area contributed by atoms with Gasteiger partial charge in [0.1, 0.15) is 11.4 Å². The number of nitro groups is 1. The number of benzene rings is 4. The van der Waals surface area contributed by atoms with Crippen LogP contribution in [0.2, 0.25) is 0 Å². The third-order valence-corrected chi connectivity index (χ3v) is 8.30. The van der Waals surface area contributed by atoms with Crippen LogP contribution < -0.4 is 4.74 Å². The zero-order valence-corrected chi connectivity index (χ0v) is 22.7. The first-order valence-electron chi connectivity index (χ1n) is 12.2. The maximum atomic E-state index is 12.7. The molecule has 0 saturated heterocycles. The van der Waals surface area contributed by atoms with E-state index in [2.05, 4.69) is 60.7 Å². The zero-order chi connectivity index (χ0) is 27.3. The Kier molecular flexibility index (Phi) is 8.17. The summed E-state index contributed by atoms with van der Waals surface area (Å²) in [5, 5.41) is 10.9. The molecule has 4 aromatic carbocycles. The van der Waals surface area contributed by atoms with Crippen LogP contribution in [0.25, 0.3) is 0 Å². The maximum Gasteiger partial charge on any atom is 0.345 e. The summed E-state index contributed by atoms with van der Waals surface area (Å²) in [6.07, 6.45) is 0. The number of esters is 1. The van der Waals surface area contributed by atoms with E-state index in [0.717, 1.165) is 11.1 Å². The standard InChI is InChI=1S/C31H30NO5S/c1-22-19-28(38(26-11-7-5-8-12-26)27-13-9-6-10-14-27)20-23(2)30(22)36-21-29(33)37-31(3,4)24-15-17-25(18-16-24)32(34)35/h5-20H,21H2,1-4H3/q+1. The van der Waals surface area contributed by atoms with E-state index in [1.807, 2.05) is 26.0 Å². The molecular formula is C31H30NO5S+. The molecule has 0 aromatic heterocycles. The molecule has 0 heterocycles. The predicted molar refractivity (Wildman–Crippen MR) is 149 cm³/mol. The molecule has 7 heteroatoms. The predicted octanol–water partition coefficient (Wildman–Crippen LogP) is 7.16. The topological polar surface area (TPSA) is 78.7 Å². The molecule has 0 radical (unpaired) electrons. The van der Waals surface area contributed by atoms with Crippen LogP contribution in [-0.4, -0.2) is 17.5 Å². The van der Waals surface area contributed by atoms with Gasteiger partial charge < -0.3 is 9.47 Å². The third-order valence-electron chi connectivity index (χ3n) is 6.10. The van der Waals surface area contributed by atoms with E-state index in [9.17, 15) is 14.9 Å². The number of hydrogen-bond acceptors (Lipinski definition) is 5. The van der Waals surface area contributed by atoms with Crippen molar-refractivity contribution >= 4 is 22.6 Å². The SMILES string of the molecule is Cc1cc([S+](c2ccccc2)c2ccccc2)cc(C)c1OCC(=O)OC(C)(C)c1ccc([N+](=O)[O-])cc1. The first-order chi connectivity index (χ1) is 18.2. The molecule has 0 fully saturated rings. The summed E-state index contributed by atoms with van der Waals surface area (Å²) in [5.41, 5.74) is 1.54. The Labute approximate surface area is 225 Å². The number of nitro benzene ring substituents is 1. The summed E-state index contributed by atoms with van der Waals surface area (Å²) in [6, 6.07) is 31.1. The van der Waals surface area contributed by atoms with E-state index in [4.69, 9.17) is 9.47 Å². The lowest BCUT2D eigenvalue weighted by Crippen LogP contribution is -2.28. The van der Waals surface area contributed by atoms with E-state index in [0.29, 0.717) is 11.3 Å². The van der Waals surface area contributed by atoms with E-state index in [1.54, 1.807) is 26.0 Å². The molecule has 0 N–H and O–H groups in total. The highest BCUT2D eigenvalue weighted by molar-refractivity contribution is 7.97. The Balaban J connectivity index is 1.50. The number of carbonyl (C=O) groups is 1. The van der Waals surface area contributed by atoms with Crippen molar-refractivity contribution in [2.75, 3.05) is 6.61 Å². The van der Waals surface area contributed by atoms with Gasteiger partial charge >= 0.3 is 5.97 Å². The van der Waals surface area contributed by atoms with Gasteiger partial charge in [0.2, 0.25) is 0 Å². The molecule has 0 unspecified atom stereocenters. The number of ether oxygens (including phenoxy) is 2. The number of carbonyl (C=O) groups excluding carboxylic acids is 1. The van der Waals surface area contributed by atoms with Crippen LogP contribution in [0.5, 0.6) is 5.75 Å². The summed E-state index contributed by atoms with van der Waals surface area (Å²) in [5.74, 6) is 0.132. The summed E-state index contributed by atoms with van der Waals surface area (Å²) < 4.78 is 11.6. The minimum Gasteiger partial charge on any atom is -0.481 e. The summed E-state index contributed by atoms with van der Waals surface area (Å²) in [7, 11) is -0.285. The van der Waals surface area contributed by atoms with Crippen molar-refractivity contribution in [2.24, 2.45) is 0 Å². The molecule has 0 amide bonds.